The Hall–Kier alpha value is -2.76. The highest BCUT2D eigenvalue weighted by atomic mass is 16.5. The van der Waals surface area contributed by atoms with Crippen LogP contribution in [0.3, 0.4) is 0 Å². The first-order valence-electron chi connectivity index (χ1n) is 7.36. The molecule has 0 saturated carbocycles. The molecule has 3 aromatic rings. The van der Waals surface area contributed by atoms with E-state index in [0.717, 1.165) is 22.4 Å². The van der Waals surface area contributed by atoms with E-state index in [1.54, 1.807) is 30.0 Å². The van der Waals surface area contributed by atoms with Gasteiger partial charge in [-0.25, -0.2) is 0 Å². The van der Waals surface area contributed by atoms with Gasteiger partial charge in [-0.2, -0.15) is 5.10 Å². The van der Waals surface area contributed by atoms with Crippen molar-refractivity contribution >= 4 is 16.9 Å². The molecule has 0 spiro atoms. The van der Waals surface area contributed by atoms with Gasteiger partial charge in [-0.1, -0.05) is 0 Å². The SMILES string of the molecule is COc1ccc2oc(C(=O)NC(C)c3cn(C)nc3C)cc2c1. The van der Waals surface area contributed by atoms with E-state index in [1.165, 1.54) is 0 Å². The summed E-state index contributed by atoms with van der Waals surface area (Å²) in [5.74, 6) is 0.752. The van der Waals surface area contributed by atoms with E-state index in [2.05, 4.69) is 10.4 Å². The van der Waals surface area contributed by atoms with E-state index in [1.807, 2.05) is 33.2 Å². The van der Waals surface area contributed by atoms with Crippen LogP contribution in [0.2, 0.25) is 0 Å². The van der Waals surface area contributed by atoms with Crippen LogP contribution in [0.15, 0.2) is 34.9 Å². The lowest BCUT2D eigenvalue weighted by molar-refractivity contribution is 0.0914. The molecule has 120 valence electrons. The Labute approximate surface area is 134 Å². The molecule has 0 saturated heterocycles. The van der Waals surface area contributed by atoms with Crippen molar-refractivity contribution in [3.8, 4) is 5.75 Å². The summed E-state index contributed by atoms with van der Waals surface area (Å²) in [4.78, 5) is 12.4. The van der Waals surface area contributed by atoms with Crippen LogP contribution in [0.4, 0.5) is 0 Å². The van der Waals surface area contributed by atoms with E-state index < -0.39 is 0 Å². The summed E-state index contributed by atoms with van der Waals surface area (Å²) in [6, 6.07) is 6.99. The van der Waals surface area contributed by atoms with Crippen molar-refractivity contribution in [3.05, 3.63) is 47.5 Å². The van der Waals surface area contributed by atoms with Crippen molar-refractivity contribution < 1.29 is 13.9 Å². The molecule has 6 nitrogen and oxygen atoms in total. The molecule has 1 amide bonds. The maximum atomic E-state index is 12.4. The standard InChI is InChI=1S/C17H19N3O3/c1-10(14-9-20(3)19-11(14)2)18-17(21)16-8-12-7-13(22-4)5-6-15(12)23-16/h5-10H,1-4H3,(H,18,21). The largest absolute Gasteiger partial charge is 0.497 e. The number of furan rings is 1. The van der Waals surface area contributed by atoms with Crippen LogP contribution in [0, 0.1) is 6.92 Å². The molecule has 2 aromatic heterocycles. The second kappa shape index (κ2) is 5.79. The highest BCUT2D eigenvalue weighted by Gasteiger charge is 2.18. The lowest BCUT2D eigenvalue weighted by Crippen LogP contribution is -2.26. The summed E-state index contributed by atoms with van der Waals surface area (Å²) in [6.45, 7) is 3.85. The first-order valence-corrected chi connectivity index (χ1v) is 7.36. The molecule has 6 heteroatoms. The molecule has 0 aliphatic heterocycles. The Balaban J connectivity index is 1.81. The normalized spacial score (nSPS) is 12.3. The number of carbonyl (C=O) groups is 1. The number of rotatable bonds is 4. The van der Waals surface area contributed by atoms with Gasteiger partial charge >= 0.3 is 0 Å². The van der Waals surface area contributed by atoms with Crippen LogP contribution in [0.25, 0.3) is 11.0 Å². The number of carbonyl (C=O) groups excluding carboxylic acids is 1. The van der Waals surface area contributed by atoms with Crippen LogP contribution in [-0.2, 0) is 7.05 Å². The van der Waals surface area contributed by atoms with Crippen molar-refractivity contribution in [1.82, 2.24) is 15.1 Å². The van der Waals surface area contributed by atoms with Crippen molar-refractivity contribution in [3.63, 3.8) is 0 Å². The van der Waals surface area contributed by atoms with Gasteiger partial charge in [-0.05, 0) is 38.1 Å². The van der Waals surface area contributed by atoms with Crippen molar-refractivity contribution in [2.75, 3.05) is 7.11 Å². The summed E-state index contributed by atoms with van der Waals surface area (Å²) in [7, 11) is 3.46. The number of ether oxygens (including phenoxy) is 1. The number of amides is 1. The zero-order valence-electron chi connectivity index (χ0n) is 13.6. The fourth-order valence-electron chi connectivity index (χ4n) is 2.65. The Kier molecular flexibility index (Phi) is 3.82. The first-order chi connectivity index (χ1) is 11.0. The van der Waals surface area contributed by atoms with Gasteiger partial charge in [0.15, 0.2) is 5.76 Å². The highest BCUT2D eigenvalue weighted by Crippen LogP contribution is 2.25. The average molecular weight is 313 g/mol. The summed E-state index contributed by atoms with van der Waals surface area (Å²) in [5, 5.41) is 8.07. The quantitative estimate of drug-likeness (QED) is 0.804. The highest BCUT2D eigenvalue weighted by molar-refractivity contribution is 5.96. The van der Waals surface area contributed by atoms with Crippen molar-refractivity contribution in [2.45, 2.75) is 19.9 Å². The van der Waals surface area contributed by atoms with Gasteiger partial charge in [-0.15, -0.1) is 0 Å². The van der Waals surface area contributed by atoms with Gasteiger partial charge < -0.3 is 14.5 Å². The zero-order valence-corrected chi connectivity index (χ0v) is 13.6. The molecule has 3 rings (SSSR count). The Morgan fingerprint density at radius 1 is 1.39 bits per heavy atom. The molecule has 1 aromatic carbocycles. The molecule has 1 atom stereocenters. The summed E-state index contributed by atoms with van der Waals surface area (Å²) < 4.78 is 12.5. The van der Waals surface area contributed by atoms with Crippen LogP contribution < -0.4 is 10.1 Å². The van der Waals surface area contributed by atoms with E-state index in [0.29, 0.717) is 5.58 Å². The number of aromatic nitrogens is 2. The van der Waals surface area contributed by atoms with Crippen LogP contribution in [0.5, 0.6) is 5.75 Å². The topological polar surface area (TPSA) is 69.3 Å². The van der Waals surface area contributed by atoms with Crippen molar-refractivity contribution in [1.29, 1.82) is 0 Å². The van der Waals surface area contributed by atoms with Crippen LogP contribution >= 0.6 is 0 Å². The van der Waals surface area contributed by atoms with Gasteiger partial charge in [0.2, 0.25) is 0 Å². The second-order valence-corrected chi connectivity index (χ2v) is 5.55. The Morgan fingerprint density at radius 3 is 2.83 bits per heavy atom. The van der Waals surface area contributed by atoms with E-state index >= 15 is 0 Å². The number of hydrogen-bond donors (Lipinski definition) is 1. The number of nitrogens with one attached hydrogen (secondary N) is 1. The number of hydrogen-bond acceptors (Lipinski definition) is 4. The van der Waals surface area contributed by atoms with E-state index in [9.17, 15) is 4.79 Å². The third kappa shape index (κ3) is 2.92. The summed E-state index contributed by atoms with van der Waals surface area (Å²) in [5.41, 5.74) is 2.54. The third-order valence-corrected chi connectivity index (χ3v) is 3.81. The smallest absolute Gasteiger partial charge is 0.287 e. The molecule has 1 N–H and O–H groups in total. The minimum atomic E-state index is -0.254. The lowest BCUT2D eigenvalue weighted by atomic mass is 10.1. The molecule has 23 heavy (non-hydrogen) atoms. The minimum absolute atomic E-state index is 0.154. The first kappa shape index (κ1) is 15.1. The molecule has 0 aliphatic carbocycles. The molecular formula is C17H19N3O3. The second-order valence-electron chi connectivity index (χ2n) is 5.55. The number of fused-ring (bicyclic) bond motifs is 1. The van der Waals surface area contributed by atoms with E-state index in [-0.39, 0.29) is 17.7 Å². The molecule has 0 aliphatic rings. The molecule has 0 bridgehead atoms. The maximum absolute atomic E-state index is 12.4. The maximum Gasteiger partial charge on any atom is 0.287 e. The van der Waals surface area contributed by atoms with Gasteiger partial charge in [0, 0.05) is 24.2 Å². The molecule has 0 radical (unpaired) electrons. The lowest BCUT2D eigenvalue weighted by Gasteiger charge is -2.11. The summed E-state index contributed by atoms with van der Waals surface area (Å²) in [6.07, 6.45) is 1.91. The minimum Gasteiger partial charge on any atom is -0.497 e. The monoisotopic (exact) mass is 313 g/mol. The number of benzene rings is 1. The average Bonchev–Trinajstić information content (AvgIpc) is 3.09. The number of methoxy groups -OCH3 is 1. The number of aryl methyl sites for hydroxylation is 2. The summed E-state index contributed by atoms with van der Waals surface area (Å²) >= 11 is 0. The van der Waals surface area contributed by atoms with Gasteiger partial charge in [0.25, 0.3) is 5.91 Å². The predicted molar refractivity (Wildman–Crippen MR) is 86.6 cm³/mol. The van der Waals surface area contributed by atoms with Crippen LogP contribution in [-0.4, -0.2) is 22.8 Å². The zero-order chi connectivity index (χ0) is 16.6. The van der Waals surface area contributed by atoms with Gasteiger partial charge in [0.05, 0.1) is 18.8 Å². The fraction of sp³-hybridized carbons (Fsp3) is 0.294. The Bertz CT molecular complexity index is 863. The molecule has 2 heterocycles. The fourth-order valence-corrected chi connectivity index (χ4v) is 2.65. The molecular weight excluding hydrogens is 294 g/mol. The molecule has 0 fully saturated rings. The van der Waals surface area contributed by atoms with E-state index in [4.69, 9.17) is 9.15 Å². The van der Waals surface area contributed by atoms with Crippen LogP contribution in [0.1, 0.15) is 34.8 Å². The Morgan fingerprint density at radius 2 is 2.17 bits per heavy atom. The predicted octanol–water partition coefficient (Wildman–Crippen LogP) is 2.97. The number of nitrogens with zero attached hydrogens (tertiary/aromatic N) is 2. The molecule has 1 unspecified atom stereocenters. The van der Waals surface area contributed by atoms with Crippen molar-refractivity contribution in [2.24, 2.45) is 7.05 Å². The van der Waals surface area contributed by atoms with Gasteiger partial charge in [0.1, 0.15) is 11.3 Å². The third-order valence-electron chi connectivity index (χ3n) is 3.81. The van der Waals surface area contributed by atoms with Gasteiger partial charge in [-0.3, -0.25) is 9.48 Å².